The van der Waals surface area contributed by atoms with Crippen LogP contribution in [0.3, 0.4) is 0 Å². The van der Waals surface area contributed by atoms with Crippen LogP contribution in [0.25, 0.3) is 0 Å². The van der Waals surface area contributed by atoms with Gasteiger partial charge >= 0.3 is 5.97 Å². The highest BCUT2D eigenvalue weighted by atomic mass is 35.5. The Labute approximate surface area is 117 Å². The number of carbonyl (C=O) groups excluding carboxylic acids is 1. The molecule has 0 bridgehead atoms. The molecule has 0 fully saturated rings. The molecule has 1 aliphatic carbocycles. The number of aryl methyl sites for hydroxylation is 2. The van der Waals surface area contributed by atoms with Crippen LogP contribution in [-0.4, -0.2) is 18.1 Å². The lowest BCUT2D eigenvalue weighted by molar-refractivity contribution is -0.147. The third-order valence-electron chi connectivity index (χ3n) is 3.84. The largest absolute Gasteiger partial charge is 0.469 e. The van der Waals surface area contributed by atoms with Gasteiger partial charge in [0, 0.05) is 0 Å². The summed E-state index contributed by atoms with van der Waals surface area (Å²) in [4.78, 5) is 16.2. The second-order valence-electron chi connectivity index (χ2n) is 5.03. The maximum Gasteiger partial charge on any atom is 0.310 e. The first kappa shape index (κ1) is 13.8. The predicted octanol–water partition coefficient (Wildman–Crippen LogP) is 2.56. The number of hydrogen-bond acceptors (Lipinski definition) is 4. The molecule has 100 valence electrons. The number of ether oxygens (including phenoxy) is 1. The summed E-state index contributed by atoms with van der Waals surface area (Å²) >= 11 is 6.05. The van der Waals surface area contributed by atoms with Crippen LogP contribution in [0.5, 0.6) is 0 Å². The molecule has 0 N–H and O–H groups in total. The van der Waals surface area contributed by atoms with Crippen molar-refractivity contribution in [2.75, 3.05) is 7.11 Å². The molecule has 1 heterocycles. The van der Waals surface area contributed by atoms with Crippen LogP contribution < -0.4 is 0 Å². The Balaban J connectivity index is 2.60. The van der Waals surface area contributed by atoms with Gasteiger partial charge in [0.2, 0.25) is 0 Å². The minimum Gasteiger partial charge on any atom is -0.469 e. The zero-order valence-corrected chi connectivity index (χ0v) is 11.9. The van der Waals surface area contributed by atoms with E-state index < -0.39 is 11.3 Å². The number of esters is 1. The van der Waals surface area contributed by atoms with Gasteiger partial charge in [-0.2, -0.15) is 5.26 Å². The van der Waals surface area contributed by atoms with Crippen molar-refractivity contribution in [1.82, 2.24) is 4.98 Å². The number of halogens is 1. The van der Waals surface area contributed by atoms with Crippen molar-refractivity contribution >= 4 is 17.6 Å². The van der Waals surface area contributed by atoms with E-state index in [1.54, 1.807) is 6.92 Å². The molecule has 2 rings (SSSR count). The molecule has 0 spiro atoms. The number of nitrogens with zero attached hydrogens (tertiary/aromatic N) is 2. The smallest absolute Gasteiger partial charge is 0.310 e. The minimum atomic E-state index is -0.988. The Hall–Kier alpha value is -1.60. The van der Waals surface area contributed by atoms with Crippen molar-refractivity contribution < 1.29 is 9.53 Å². The van der Waals surface area contributed by atoms with Gasteiger partial charge in [-0.3, -0.25) is 4.79 Å². The summed E-state index contributed by atoms with van der Waals surface area (Å²) in [6, 6.07) is 4.18. The zero-order valence-electron chi connectivity index (χ0n) is 11.2. The normalized spacial score (nSPS) is 25.3. The topological polar surface area (TPSA) is 63.0 Å². The average Bonchev–Trinajstić information content (AvgIpc) is 2.40. The van der Waals surface area contributed by atoms with Crippen LogP contribution >= 0.6 is 11.6 Å². The molecule has 1 aromatic rings. The highest BCUT2D eigenvalue weighted by Gasteiger charge is 2.47. The fourth-order valence-corrected chi connectivity index (χ4v) is 2.81. The fourth-order valence-electron chi connectivity index (χ4n) is 2.67. The van der Waals surface area contributed by atoms with Crippen LogP contribution in [-0.2, 0) is 21.4 Å². The number of fused-ring (bicyclic) bond motifs is 1. The Morgan fingerprint density at radius 1 is 1.68 bits per heavy atom. The maximum absolute atomic E-state index is 11.9. The van der Waals surface area contributed by atoms with Gasteiger partial charge in [-0.1, -0.05) is 17.7 Å². The Bertz CT molecular complexity index is 580. The van der Waals surface area contributed by atoms with E-state index in [-0.39, 0.29) is 5.97 Å². The Morgan fingerprint density at radius 2 is 2.37 bits per heavy atom. The van der Waals surface area contributed by atoms with E-state index >= 15 is 0 Å². The highest BCUT2D eigenvalue weighted by Crippen LogP contribution is 2.41. The molecule has 0 amide bonds. The fraction of sp³-hybridized carbons (Fsp3) is 0.500. The molecule has 4 nitrogen and oxygen atoms in total. The summed E-state index contributed by atoms with van der Waals surface area (Å²) < 4.78 is 4.81. The predicted molar refractivity (Wildman–Crippen MR) is 70.8 cm³/mol. The van der Waals surface area contributed by atoms with Crippen molar-refractivity contribution in [2.24, 2.45) is 5.92 Å². The first-order valence-electron chi connectivity index (χ1n) is 6.09. The molecule has 0 saturated carbocycles. The first-order chi connectivity index (χ1) is 8.93. The van der Waals surface area contributed by atoms with Crippen LogP contribution in [0.15, 0.2) is 6.07 Å². The van der Waals surface area contributed by atoms with E-state index in [2.05, 4.69) is 11.1 Å². The third kappa shape index (κ3) is 2.08. The molecule has 0 radical (unpaired) electrons. The van der Waals surface area contributed by atoms with E-state index in [4.69, 9.17) is 16.3 Å². The molecule has 0 saturated heterocycles. The number of methoxy groups -OCH3 is 1. The summed E-state index contributed by atoms with van der Waals surface area (Å²) in [7, 11) is 1.34. The molecule has 1 aromatic heterocycles. The molecular weight excluding hydrogens is 264 g/mol. The third-order valence-corrected chi connectivity index (χ3v) is 4.22. The molecule has 5 heteroatoms. The van der Waals surface area contributed by atoms with Gasteiger partial charge in [-0.25, -0.2) is 4.98 Å². The molecule has 2 atom stereocenters. The number of carbonyl (C=O) groups is 1. The van der Waals surface area contributed by atoms with Gasteiger partial charge in [-0.05, 0) is 37.8 Å². The van der Waals surface area contributed by atoms with Crippen molar-refractivity contribution in [3.05, 3.63) is 28.0 Å². The van der Waals surface area contributed by atoms with Crippen LogP contribution in [0.1, 0.15) is 30.2 Å². The van der Waals surface area contributed by atoms with Crippen molar-refractivity contribution in [1.29, 1.82) is 5.26 Å². The second kappa shape index (κ2) is 4.82. The van der Waals surface area contributed by atoms with E-state index in [9.17, 15) is 10.1 Å². The number of rotatable bonds is 1. The van der Waals surface area contributed by atoms with Gasteiger partial charge in [0.15, 0.2) is 0 Å². The molecular formula is C14H15ClN2O2. The summed E-state index contributed by atoms with van der Waals surface area (Å²) in [5.41, 5.74) is 1.49. The standard InChI is InChI=1S/C14H15ClN2O2/c1-8-6-9-4-5-10(13(18)19-3)14(2,7-16)11(9)17-12(8)15/h6,10H,4-5H2,1-3H3/t10-,14+/m1/s1. The zero-order chi connectivity index (χ0) is 14.2. The van der Waals surface area contributed by atoms with Gasteiger partial charge in [0.1, 0.15) is 10.6 Å². The number of aromatic nitrogens is 1. The SMILES string of the molecule is COC(=O)[C@H]1CCc2cc(C)c(Cl)nc2[C@@]1(C)C#N. The van der Waals surface area contributed by atoms with E-state index in [0.717, 1.165) is 11.1 Å². The number of nitriles is 1. The molecule has 0 aromatic carbocycles. The van der Waals surface area contributed by atoms with E-state index in [1.165, 1.54) is 7.11 Å². The monoisotopic (exact) mass is 278 g/mol. The van der Waals surface area contributed by atoms with Gasteiger partial charge < -0.3 is 4.74 Å². The van der Waals surface area contributed by atoms with Gasteiger partial charge in [0.25, 0.3) is 0 Å². The van der Waals surface area contributed by atoms with E-state index in [1.807, 2.05) is 13.0 Å². The average molecular weight is 279 g/mol. The van der Waals surface area contributed by atoms with Gasteiger partial charge in [0.05, 0.1) is 24.8 Å². The maximum atomic E-state index is 11.9. The Morgan fingerprint density at radius 3 is 2.95 bits per heavy atom. The molecule has 19 heavy (non-hydrogen) atoms. The van der Waals surface area contributed by atoms with Crippen LogP contribution in [0, 0.1) is 24.2 Å². The first-order valence-corrected chi connectivity index (χ1v) is 6.47. The van der Waals surface area contributed by atoms with Crippen molar-refractivity contribution in [3.63, 3.8) is 0 Å². The summed E-state index contributed by atoms with van der Waals surface area (Å²) in [5, 5.41) is 9.91. The minimum absolute atomic E-state index is 0.367. The second-order valence-corrected chi connectivity index (χ2v) is 5.39. The van der Waals surface area contributed by atoms with Gasteiger partial charge in [-0.15, -0.1) is 0 Å². The quantitative estimate of drug-likeness (QED) is 0.585. The van der Waals surface area contributed by atoms with Crippen LogP contribution in [0.2, 0.25) is 5.15 Å². The summed E-state index contributed by atoms with van der Waals surface area (Å²) in [5.74, 6) is -0.866. The molecule has 0 aliphatic heterocycles. The van der Waals surface area contributed by atoms with Crippen LogP contribution in [0.4, 0.5) is 0 Å². The number of hydrogen-bond donors (Lipinski definition) is 0. The molecule has 0 unspecified atom stereocenters. The summed E-state index contributed by atoms with van der Waals surface area (Å²) in [6.07, 6.45) is 1.30. The lowest BCUT2D eigenvalue weighted by atomic mass is 9.67. The lowest BCUT2D eigenvalue weighted by Gasteiger charge is -2.35. The lowest BCUT2D eigenvalue weighted by Crippen LogP contribution is -2.41. The number of pyridine rings is 1. The highest BCUT2D eigenvalue weighted by molar-refractivity contribution is 6.30. The summed E-state index contributed by atoms with van der Waals surface area (Å²) in [6.45, 7) is 3.61. The molecule has 1 aliphatic rings. The van der Waals surface area contributed by atoms with E-state index in [0.29, 0.717) is 23.7 Å². The Kier molecular flexibility index (Phi) is 3.51. The van der Waals surface area contributed by atoms with Crippen molar-refractivity contribution in [3.8, 4) is 6.07 Å². The van der Waals surface area contributed by atoms with Crippen molar-refractivity contribution in [2.45, 2.75) is 32.1 Å².